The second-order valence-electron chi connectivity index (χ2n) is 5.50. The lowest BCUT2D eigenvalue weighted by Crippen LogP contribution is -2.44. The van der Waals surface area contributed by atoms with Crippen LogP contribution in [0.15, 0.2) is 0 Å². The number of carboxylic acid groups (broad SMARTS) is 1. The maximum absolute atomic E-state index is 12.5. The van der Waals surface area contributed by atoms with Gasteiger partial charge in [-0.2, -0.15) is 0 Å². The van der Waals surface area contributed by atoms with E-state index in [0.29, 0.717) is 19.6 Å². The fourth-order valence-electron chi connectivity index (χ4n) is 2.83. The molecule has 0 aliphatic heterocycles. The third kappa shape index (κ3) is 4.20. The first-order chi connectivity index (χ1) is 9.01. The highest BCUT2D eigenvalue weighted by atomic mass is 16.4. The highest BCUT2D eigenvalue weighted by molar-refractivity contribution is 5.80. The quantitative estimate of drug-likeness (QED) is 0.762. The Labute approximate surface area is 115 Å². The van der Waals surface area contributed by atoms with Gasteiger partial charge >= 0.3 is 5.97 Å². The van der Waals surface area contributed by atoms with Gasteiger partial charge in [0.15, 0.2) is 0 Å². The van der Waals surface area contributed by atoms with Gasteiger partial charge in [0.25, 0.3) is 0 Å². The van der Waals surface area contributed by atoms with Crippen LogP contribution in [0.3, 0.4) is 0 Å². The van der Waals surface area contributed by atoms with E-state index in [9.17, 15) is 9.59 Å². The Morgan fingerprint density at radius 1 is 1.37 bits per heavy atom. The third-order valence-corrected chi connectivity index (χ3v) is 4.14. The van der Waals surface area contributed by atoms with Gasteiger partial charge in [-0.3, -0.25) is 9.59 Å². The second kappa shape index (κ2) is 7.48. The molecule has 3 N–H and O–H groups in total. The summed E-state index contributed by atoms with van der Waals surface area (Å²) in [4.78, 5) is 25.1. The number of aliphatic carboxylic acids is 1. The van der Waals surface area contributed by atoms with Crippen molar-refractivity contribution in [3.8, 4) is 0 Å². The van der Waals surface area contributed by atoms with Gasteiger partial charge in [-0.25, -0.2) is 0 Å². The number of carboxylic acids is 1. The lowest BCUT2D eigenvalue weighted by Gasteiger charge is -2.34. The van der Waals surface area contributed by atoms with Gasteiger partial charge in [-0.1, -0.05) is 19.8 Å². The summed E-state index contributed by atoms with van der Waals surface area (Å²) in [6, 6.07) is 0. The molecule has 0 spiro atoms. The number of nitrogens with two attached hydrogens (primary N) is 1. The number of amides is 1. The van der Waals surface area contributed by atoms with E-state index in [-0.39, 0.29) is 17.7 Å². The molecular formula is C14H26N2O3. The van der Waals surface area contributed by atoms with Crippen LogP contribution in [-0.4, -0.2) is 41.5 Å². The van der Waals surface area contributed by atoms with E-state index in [0.717, 1.165) is 25.7 Å². The summed E-state index contributed by atoms with van der Waals surface area (Å²) in [5, 5.41) is 8.96. The van der Waals surface area contributed by atoms with E-state index in [4.69, 9.17) is 10.8 Å². The van der Waals surface area contributed by atoms with Crippen LogP contribution in [0.5, 0.6) is 0 Å². The van der Waals surface area contributed by atoms with Gasteiger partial charge in [0.1, 0.15) is 0 Å². The summed E-state index contributed by atoms with van der Waals surface area (Å²) >= 11 is 0. The second-order valence-corrected chi connectivity index (χ2v) is 5.50. The van der Waals surface area contributed by atoms with Gasteiger partial charge in [0, 0.05) is 19.0 Å². The normalized spacial score (nSPS) is 24.8. The lowest BCUT2D eigenvalue weighted by molar-refractivity contribution is -0.144. The molecule has 1 rings (SSSR count). The number of rotatable bonds is 6. The molecule has 0 heterocycles. The Morgan fingerprint density at radius 2 is 2.00 bits per heavy atom. The van der Waals surface area contributed by atoms with Gasteiger partial charge in [0.05, 0.1) is 5.92 Å². The number of hydrogen-bond donors (Lipinski definition) is 2. The SMILES string of the molecule is CCN(CC(C)C(=O)O)C(=O)C1CCCCC1CN. The molecule has 1 aliphatic carbocycles. The monoisotopic (exact) mass is 270 g/mol. The topological polar surface area (TPSA) is 83.6 Å². The van der Waals surface area contributed by atoms with Crippen LogP contribution in [0.25, 0.3) is 0 Å². The maximum Gasteiger partial charge on any atom is 0.308 e. The molecule has 0 aromatic rings. The molecule has 1 fully saturated rings. The number of hydrogen-bond acceptors (Lipinski definition) is 3. The molecule has 1 aliphatic rings. The fourth-order valence-corrected chi connectivity index (χ4v) is 2.83. The number of carbonyl (C=O) groups excluding carboxylic acids is 1. The van der Waals surface area contributed by atoms with Crippen molar-refractivity contribution in [2.24, 2.45) is 23.5 Å². The van der Waals surface area contributed by atoms with Gasteiger partial charge in [-0.15, -0.1) is 0 Å². The zero-order valence-electron chi connectivity index (χ0n) is 12.0. The highest BCUT2D eigenvalue weighted by Crippen LogP contribution is 2.30. The molecular weight excluding hydrogens is 244 g/mol. The molecule has 0 aromatic carbocycles. The van der Waals surface area contributed by atoms with Crippen molar-refractivity contribution in [1.29, 1.82) is 0 Å². The zero-order valence-corrected chi connectivity index (χ0v) is 12.0. The van der Waals surface area contributed by atoms with Crippen molar-refractivity contribution in [3.05, 3.63) is 0 Å². The first kappa shape index (κ1) is 16.0. The molecule has 3 unspecified atom stereocenters. The number of nitrogens with zero attached hydrogens (tertiary/aromatic N) is 1. The standard InChI is InChI=1S/C14H26N2O3/c1-3-16(9-10(2)14(18)19)13(17)12-7-5-4-6-11(12)8-15/h10-12H,3-9,15H2,1-2H3,(H,18,19). The average Bonchev–Trinajstić information content (AvgIpc) is 2.43. The van der Waals surface area contributed by atoms with Crippen LogP contribution in [0.4, 0.5) is 0 Å². The summed E-state index contributed by atoms with van der Waals surface area (Å²) < 4.78 is 0. The van der Waals surface area contributed by atoms with Gasteiger partial charge in [0.2, 0.25) is 5.91 Å². The molecule has 5 nitrogen and oxygen atoms in total. The van der Waals surface area contributed by atoms with Crippen LogP contribution in [0.1, 0.15) is 39.5 Å². The van der Waals surface area contributed by atoms with Crippen molar-refractivity contribution in [2.75, 3.05) is 19.6 Å². The minimum absolute atomic E-state index is 0.0142. The summed E-state index contributed by atoms with van der Waals surface area (Å²) in [5.74, 6) is -1.05. The van der Waals surface area contributed by atoms with Crippen molar-refractivity contribution >= 4 is 11.9 Å². The predicted octanol–water partition coefficient (Wildman–Crippen LogP) is 1.32. The van der Waals surface area contributed by atoms with Crippen LogP contribution < -0.4 is 5.73 Å². The van der Waals surface area contributed by atoms with Gasteiger partial charge in [-0.05, 0) is 32.2 Å². The van der Waals surface area contributed by atoms with Crippen molar-refractivity contribution in [1.82, 2.24) is 4.90 Å². The molecule has 1 amide bonds. The minimum Gasteiger partial charge on any atom is -0.481 e. The van der Waals surface area contributed by atoms with Crippen LogP contribution in [-0.2, 0) is 9.59 Å². The van der Waals surface area contributed by atoms with Crippen LogP contribution in [0, 0.1) is 17.8 Å². The smallest absolute Gasteiger partial charge is 0.308 e. The molecule has 0 radical (unpaired) electrons. The highest BCUT2D eigenvalue weighted by Gasteiger charge is 2.33. The van der Waals surface area contributed by atoms with E-state index >= 15 is 0 Å². The van der Waals surface area contributed by atoms with Gasteiger partial charge < -0.3 is 15.7 Å². The molecule has 1 saturated carbocycles. The molecule has 0 aromatic heterocycles. The fraction of sp³-hybridized carbons (Fsp3) is 0.857. The predicted molar refractivity (Wildman–Crippen MR) is 73.6 cm³/mol. The lowest BCUT2D eigenvalue weighted by atomic mass is 9.78. The van der Waals surface area contributed by atoms with Crippen molar-refractivity contribution in [3.63, 3.8) is 0 Å². The van der Waals surface area contributed by atoms with Crippen LogP contribution in [0.2, 0.25) is 0 Å². The molecule has 5 heteroatoms. The summed E-state index contributed by atoms with van der Waals surface area (Å²) in [6.07, 6.45) is 4.11. The van der Waals surface area contributed by atoms with E-state index in [1.54, 1.807) is 11.8 Å². The summed E-state index contributed by atoms with van der Waals surface area (Å²) in [5.41, 5.74) is 5.76. The Hall–Kier alpha value is -1.10. The van der Waals surface area contributed by atoms with Crippen molar-refractivity contribution < 1.29 is 14.7 Å². The van der Waals surface area contributed by atoms with E-state index in [2.05, 4.69) is 0 Å². The van der Waals surface area contributed by atoms with E-state index in [1.165, 1.54) is 0 Å². The number of carbonyl (C=O) groups is 2. The van der Waals surface area contributed by atoms with E-state index < -0.39 is 11.9 Å². The molecule has 110 valence electrons. The first-order valence-electron chi connectivity index (χ1n) is 7.22. The minimum atomic E-state index is -0.856. The Balaban J connectivity index is 2.68. The van der Waals surface area contributed by atoms with E-state index in [1.807, 2.05) is 6.92 Å². The Bertz CT molecular complexity index is 320. The third-order valence-electron chi connectivity index (χ3n) is 4.14. The summed E-state index contributed by atoms with van der Waals surface area (Å²) in [7, 11) is 0. The molecule has 3 atom stereocenters. The Kier molecular flexibility index (Phi) is 6.28. The maximum atomic E-state index is 12.5. The van der Waals surface area contributed by atoms with Crippen molar-refractivity contribution in [2.45, 2.75) is 39.5 Å². The molecule has 0 saturated heterocycles. The Morgan fingerprint density at radius 3 is 2.53 bits per heavy atom. The first-order valence-corrected chi connectivity index (χ1v) is 7.22. The average molecular weight is 270 g/mol. The largest absolute Gasteiger partial charge is 0.481 e. The zero-order chi connectivity index (χ0) is 14.4. The summed E-state index contributed by atoms with van der Waals surface area (Å²) in [6.45, 7) is 4.93. The van der Waals surface area contributed by atoms with Crippen LogP contribution >= 0.6 is 0 Å². The molecule has 0 bridgehead atoms. The molecule has 19 heavy (non-hydrogen) atoms.